The standard InChI is InChI=1S/C15H19F4N3O2.ClH/c1-9-6-20-5-4-11(9)22-13(23)10-2-3-12(21-7-10)24-8-15(18,19)14(16)17;/h2-3,7,9,11,14,20H,4-6,8H2,1H3,(H,22,23);1H. The number of rotatable bonds is 6. The van der Waals surface area contributed by atoms with Gasteiger partial charge in [-0.15, -0.1) is 12.4 Å². The maximum absolute atomic E-state index is 12.8. The number of piperidine rings is 1. The van der Waals surface area contributed by atoms with E-state index in [1.165, 1.54) is 12.1 Å². The quantitative estimate of drug-likeness (QED) is 0.739. The van der Waals surface area contributed by atoms with Crippen LogP contribution in [-0.2, 0) is 0 Å². The smallest absolute Gasteiger partial charge is 0.340 e. The predicted molar refractivity (Wildman–Crippen MR) is 85.8 cm³/mol. The molecule has 1 saturated heterocycles. The summed E-state index contributed by atoms with van der Waals surface area (Å²) in [5.41, 5.74) is 0.244. The fourth-order valence-corrected chi connectivity index (χ4v) is 2.31. The molecule has 0 spiro atoms. The topological polar surface area (TPSA) is 63.2 Å². The van der Waals surface area contributed by atoms with Crippen molar-refractivity contribution in [3.63, 3.8) is 0 Å². The van der Waals surface area contributed by atoms with E-state index in [1.807, 2.05) is 6.92 Å². The van der Waals surface area contributed by atoms with Gasteiger partial charge in [-0.2, -0.15) is 8.78 Å². The number of nitrogens with one attached hydrogen (secondary N) is 2. The Morgan fingerprint density at radius 2 is 2.20 bits per heavy atom. The molecule has 142 valence electrons. The average Bonchev–Trinajstić information content (AvgIpc) is 2.55. The van der Waals surface area contributed by atoms with Gasteiger partial charge in [0.05, 0.1) is 5.56 Å². The Kier molecular flexibility index (Phi) is 7.88. The van der Waals surface area contributed by atoms with Gasteiger partial charge < -0.3 is 15.4 Å². The summed E-state index contributed by atoms with van der Waals surface area (Å²) in [5.74, 6) is -4.54. The van der Waals surface area contributed by atoms with Gasteiger partial charge in [-0.1, -0.05) is 6.92 Å². The zero-order valence-electron chi connectivity index (χ0n) is 13.5. The van der Waals surface area contributed by atoms with E-state index in [1.54, 1.807) is 0 Å². The van der Waals surface area contributed by atoms with Crippen LogP contribution in [0.5, 0.6) is 5.88 Å². The van der Waals surface area contributed by atoms with Crippen LogP contribution in [0.1, 0.15) is 23.7 Å². The Morgan fingerprint density at radius 3 is 2.76 bits per heavy atom. The monoisotopic (exact) mass is 385 g/mol. The molecule has 0 radical (unpaired) electrons. The van der Waals surface area contributed by atoms with E-state index in [0.29, 0.717) is 0 Å². The molecule has 2 heterocycles. The van der Waals surface area contributed by atoms with Crippen molar-refractivity contribution in [3.05, 3.63) is 23.9 Å². The van der Waals surface area contributed by atoms with Crippen LogP contribution in [0.2, 0.25) is 0 Å². The number of amides is 1. The van der Waals surface area contributed by atoms with Crippen molar-refractivity contribution in [1.82, 2.24) is 15.6 Å². The molecule has 1 aromatic rings. The Labute approximate surface area is 148 Å². The molecular formula is C15H20ClF4N3O2. The summed E-state index contributed by atoms with van der Waals surface area (Å²) in [4.78, 5) is 15.8. The number of pyridine rings is 1. The maximum Gasteiger partial charge on any atom is 0.340 e. The minimum atomic E-state index is -4.25. The fourth-order valence-electron chi connectivity index (χ4n) is 2.31. The van der Waals surface area contributed by atoms with Gasteiger partial charge in [-0.05, 0) is 31.5 Å². The molecule has 1 fully saturated rings. The second kappa shape index (κ2) is 9.19. The Balaban J connectivity index is 0.00000312. The zero-order chi connectivity index (χ0) is 17.7. The fraction of sp³-hybridized carbons (Fsp3) is 0.600. The van der Waals surface area contributed by atoms with Gasteiger partial charge in [0.15, 0.2) is 6.61 Å². The van der Waals surface area contributed by atoms with Crippen LogP contribution in [0.4, 0.5) is 17.6 Å². The molecule has 2 unspecified atom stereocenters. The summed E-state index contributed by atoms with van der Waals surface area (Å²) >= 11 is 0. The van der Waals surface area contributed by atoms with Gasteiger partial charge in [-0.25, -0.2) is 13.8 Å². The second-order valence-corrected chi connectivity index (χ2v) is 5.79. The van der Waals surface area contributed by atoms with Crippen LogP contribution in [0.3, 0.4) is 0 Å². The lowest BCUT2D eigenvalue weighted by Crippen LogP contribution is -2.48. The number of carbonyl (C=O) groups is 1. The molecular weight excluding hydrogens is 366 g/mol. The van der Waals surface area contributed by atoms with Crippen LogP contribution in [-0.4, -0.2) is 49.0 Å². The highest BCUT2D eigenvalue weighted by atomic mass is 35.5. The number of hydrogen-bond acceptors (Lipinski definition) is 4. The van der Waals surface area contributed by atoms with E-state index in [2.05, 4.69) is 20.4 Å². The number of halogens is 5. The van der Waals surface area contributed by atoms with Crippen LogP contribution in [0, 0.1) is 5.92 Å². The minimum absolute atomic E-state index is 0. The van der Waals surface area contributed by atoms with Crippen molar-refractivity contribution in [2.75, 3.05) is 19.7 Å². The number of aromatic nitrogens is 1. The molecule has 2 rings (SSSR count). The van der Waals surface area contributed by atoms with E-state index in [-0.39, 0.29) is 41.7 Å². The molecule has 0 saturated carbocycles. The molecule has 2 atom stereocenters. The largest absolute Gasteiger partial charge is 0.471 e. The Bertz CT molecular complexity index is 560. The predicted octanol–water partition coefficient (Wildman–Crippen LogP) is 2.51. The first-order valence-electron chi connectivity index (χ1n) is 7.56. The van der Waals surface area contributed by atoms with Gasteiger partial charge >= 0.3 is 12.3 Å². The number of nitrogens with zero attached hydrogens (tertiary/aromatic N) is 1. The first kappa shape index (κ1) is 21.4. The van der Waals surface area contributed by atoms with E-state index < -0.39 is 19.0 Å². The van der Waals surface area contributed by atoms with Crippen LogP contribution in [0.25, 0.3) is 0 Å². The summed E-state index contributed by atoms with van der Waals surface area (Å²) in [5, 5.41) is 6.12. The molecule has 5 nitrogen and oxygen atoms in total. The maximum atomic E-state index is 12.8. The van der Waals surface area contributed by atoms with Crippen LogP contribution >= 0.6 is 12.4 Å². The summed E-state index contributed by atoms with van der Waals surface area (Å²) < 4.78 is 54.1. The lowest BCUT2D eigenvalue weighted by atomic mass is 9.95. The molecule has 1 aromatic heterocycles. The van der Waals surface area contributed by atoms with E-state index in [9.17, 15) is 22.4 Å². The minimum Gasteiger partial charge on any atom is -0.471 e. The Hall–Kier alpha value is -1.61. The summed E-state index contributed by atoms with van der Waals surface area (Å²) in [6.45, 7) is 2.18. The van der Waals surface area contributed by atoms with Crippen molar-refractivity contribution in [3.8, 4) is 5.88 Å². The molecule has 1 aliphatic heterocycles. The third-order valence-electron chi connectivity index (χ3n) is 3.83. The zero-order valence-corrected chi connectivity index (χ0v) is 14.3. The van der Waals surface area contributed by atoms with Gasteiger partial charge in [0.25, 0.3) is 5.91 Å². The normalized spacial score (nSPS) is 20.7. The summed E-state index contributed by atoms with van der Waals surface area (Å²) in [6.07, 6.45) is -1.84. The van der Waals surface area contributed by atoms with Gasteiger partial charge in [0.2, 0.25) is 5.88 Å². The summed E-state index contributed by atoms with van der Waals surface area (Å²) in [6, 6.07) is 2.59. The molecule has 0 aliphatic carbocycles. The first-order chi connectivity index (χ1) is 11.3. The first-order valence-corrected chi connectivity index (χ1v) is 7.56. The SMILES string of the molecule is CC1CNCCC1NC(=O)c1ccc(OCC(F)(F)C(F)F)nc1.Cl. The molecule has 2 N–H and O–H groups in total. The number of hydrogen-bond donors (Lipinski definition) is 2. The van der Waals surface area contributed by atoms with Crippen molar-refractivity contribution in [2.45, 2.75) is 31.7 Å². The molecule has 10 heteroatoms. The second-order valence-electron chi connectivity index (χ2n) is 5.79. The van der Waals surface area contributed by atoms with E-state index in [4.69, 9.17) is 0 Å². The van der Waals surface area contributed by atoms with E-state index >= 15 is 0 Å². The number of ether oxygens (including phenoxy) is 1. The molecule has 1 amide bonds. The Morgan fingerprint density at radius 1 is 1.48 bits per heavy atom. The third-order valence-corrected chi connectivity index (χ3v) is 3.83. The van der Waals surface area contributed by atoms with Crippen molar-refractivity contribution in [2.24, 2.45) is 5.92 Å². The third kappa shape index (κ3) is 6.00. The van der Waals surface area contributed by atoms with E-state index in [0.717, 1.165) is 25.7 Å². The number of alkyl halides is 4. The lowest BCUT2D eigenvalue weighted by molar-refractivity contribution is -0.148. The molecule has 25 heavy (non-hydrogen) atoms. The van der Waals surface area contributed by atoms with Crippen molar-refractivity contribution in [1.29, 1.82) is 0 Å². The van der Waals surface area contributed by atoms with Crippen LogP contribution < -0.4 is 15.4 Å². The molecule has 0 bridgehead atoms. The van der Waals surface area contributed by atoms with Crippen molar-refractivity contribution < 1.29 is 27.1 Å². The highest BCUT2D eigenvalue weighted by Gasteiger charge is 2.41. The number of carbonyl (C=O) groups excluding carboxylic acids is 1. The van der Waals surface area contributed by atoms with Gasteiger partial charge in [0.1, 0.15) is 0 Å². The van der Waals surface area contributed by atoms with Crippen LogP contribution in [0.15, 0.2) is 18.3 Å². The van der Waals surface area contributed by atoms with Gasteiger partial charge in [-0.3, -0.25) is 4.79 Å². The van der Waals surface area contributed by atoms with Crippen molar-refractivity contribution >= 4 is 18.3 Å². The highest BCUT2D eigenvalue weighted by Crippen LogP contribution is 2.23. The summed E-state index contributed by atoms with van der Waals surface area (Å²) in [7, 11) is 0. The highest BCUT2D eigenvalue weighted by molar-refractivity contribution is 5.94. The average molecular weight is 386 g/mol. The van der Waals surface area contributed by atoms with Gasteiger partial charge in [0, 0.05) is 18.3 Å². The lowest BCUT2D eigenvalue weighted by Gasteiger charge is -2.30. The molecule has 0 aromatic carbocycles. The molecule has 1 aliphatic rings.